The zero-order chi connectivity index (χ0) is 18.9. The second-order valence-corrected chi connectivity index (χ2v) is 6.60. The maximum Gasteiger partial charge on any atom is 0.267 e. The lowest BCUT2D eigenvalue weighted by atomic mass is 10.0. The van der Waals surface area contributed by atoms with Crippen LogP contribution in [0.4, 0.5) is 5.69 Å². The Morgan fingerprint density at radius 1 is 1.19 bits per heavy atom. The Kier molecular flexibility index (Phi) is 7.25. The van der Waals surface area contributed by atoms with Gasteiger partial charge in [-0.1, -0.05) is 55.8 Å². The topological polar surface area (TPSA) is 64.9 Å². The largest absolute Gasteiger partial charge is 0.389 e. The van der Waals surface area contributed by atoms with Gasteiger partial charge in [0.2, 0.25) is 0 Å². The molecule has 0 aromatic heterocycles. The zero-order valence-corrected chi connectivity index (χ0v) is 15.7. The van der Waals surface area contributed by atoms with Crippen LogP contribution in [-0.4, -0.2) is 12.5 Å². The molecular formula is C21H22ClN3O. The number of amides is 1. The van der Waals surface area contributed by atoms with Crippen molar-refractivity contribution in [3.05, 3.63) is 76.5 Å². The average molecular weight is 368 g/mol. The standard InChI is InChI=1S/C21H22ClN3O/c1-15(2)16-7-9-19(10-8-16)25-21(26)18(13-23)14-24-12-11-17-5-3-4-6-20(17)22/h3-10,14-15,24H,11-12H2,1-2H3,(H,25,26)/b18-14-. The van der Waals surface area contributed by atoms with Crippen LogP contribution in [0.15, 0.2) is 60.3 Å². The summed E-state index contributed by atoms with van der Waals surface area (Å²) in [6, 6.07) is 17.1. The lowest BCUT2D eigenvalue weighted by Gasteiger charge is -2.08. The van der Waals surface area contributed by atoms with Gasteiger partial charge < -0.3 is 10.6 Å². The van der Waals surface area contributed by atoms with Crippen LogP contribution in [0.5, 0.6) is 0 Å². The van der Waals surface area contributed by atoms with E-state index in [0.717, 1.165) is 5.56 Å². The number of hydrogen-bond donors (Lipinski definition) is 2. The maximum atomic E-state index is 12.2. The van der Waals surface area contributed by atoms with Crippen molar-refractivity contribution in [2.24, 2.45) is 0 Å². The second kappa shape index (κ2) is 9.65. The van der Waals surface area contributed by atoms with E-state index in [1.54, 1.807) is 0 Å². The highest BCUT2D eigenvalue weighted by Gasteiger charge is 2.09. The first-order valence-corrected chi connectivity index (χ1v) is 8.87. The van der Waals surface area contributed by atoms with Crippen LogP contribution in [0.25, 0.3) is 0 Å². The number of anilines is 1. The molecule has 0 saturated carbocycles. The van der Waals surface area contributed by atoms with Gasteiger partial charge in [0.1, 0.15) is 11.6 Å². The van der Waals surface area contributed by atoms with Gasteiger partial charge >= 0.3 is 0 Å². The van der Waals surface area contributed by atoms with Crippen molar-refractivity contribution in [1.82, 2.24) is 5.32 Å². The lowest BCUT2D eigenvalue weighted by Crippen LogP contribution is -2.18. The molecule has 0 atom stereocenters. The number of nitrogens with zero attached hydrogens (tertiary/aromatic N) is 1. The zero-order valence-electron chi connectivity index (χ0n) is 14.9. The molecule has 0 radical (unpaired) electrons. The van der Waals surface area contributed by atoms with Crippen molar-refractivity contribution in [1.29, 1.82) is 5.26 Å². The van der Waals surface area contributed by atoms with Crippen molar-refractivity contribution >= 4 is 23.2 Å². The van der Waals surface area contributed by atoms with E-state index in [2.05, 4.69) is 24.5 Å². The first-order valence-electron chi connectivity index (χ1n) is 8.49. The number of benzene rings is 2. The maximum absolute atomic E-state index is 12.2. The summed E-state index contributed by atoms with van der Waals surface area (Å²) in [5.74, 6) is -0.00771. The molecule has 5 heteroatoms. The van der Waals surface area contributed by atoms with Gasteiger partial charge in [-0.15, -0.1) is 0 Å². The van der Waals surface area contributed by atoms with Gasteiger partial charge in [0.25, 0.3) is 5.91 Å². The van der Waals surface area contributed by atoms with Crippen LogP contribution in [0.3, 0.4) is 0 Å². The van der Waals surface area contributed by atoms with Crippen molar-refractivity contribution in [3.63, 3.8) is 0 Å². The van der Waals surface area contributed by atoms with E-state index < -0.39 is 5.91 Å². The number of carbonyl (C=O) groups excluding carboxylic acids is 1. The highest BCUT2D eigenvalue weighted by Crippen LogP contribution is 2.17. The minimum absolute atomic E-state index is 0.0251. The fourth-order valence-corrected chi connectivity index (χ4v) is 2.61. The third-order valence-electron chi connectivity index (χ3n) is 3.94. The molecule has 0 bridgehead atoms. The molecule has 134 valence electrons. The van der Waals surface area contributed by atoms with Gasteiger partial charge in [0.05, 0.1) is 0 Å². The summed E-state index contributed by atoms with van der Waals surface area (Å²) < 4.78 is 0. The summed E-state index contributed by atoms with van der Waals surface area (Å²) in [6.45, 7) is 4.79. The first-order chi connectivity index (χ1) is 12.5. The molecule has 2 N–H and O–H groups in total. The Morgan fingerprint density at radius 2 is 1.88 bits per heavy atom. The van der Waals surface area contributed by atoms with E-state index in [1.165, 1.54) is 11.8 Å². The van der Waals surface area contributed by atoms with Gasteiger partial charge in [0.15, 0.2) is 0 Å². The van der Waals surface area contributed by atoms with Crippen LogP contribution in [0.2, 0.25) is 5.02 Å². The summed E-state index contributed by atoms with van der Waals surface area (Å²) in [5, 5.41) is 15.7. The van der Waals surface area contributed by atoms with Crippen LogP contribution >= 0.6 is 11.6 Å². The summed E-state index contributed by atoms with van der Waals surface area (Å²) in [7, 11) is 0. The molecule has 0 saturated heterocycles. The van der Waals surface area contributed by atoms with E-state index in [1.807, 2.05) is 54.6 Å². The molecule has 26 heavy (non-hydrogen) atoms. The molecule has 0 heterocycles. The number of nitriles is 1. The average Bonchev–Trinajstić information content (AvgIpc) is 2.63. The van der Waals surface area contributed by atoms with E-state index in [0.29, 0.717) is 29.6 Å². The fraction of sp³-hybridized carbons (Fsp3) is 0.238. The van der Waals surface area contributed by atoms with E-state index in [4.69, 9.17) is 11.6 Å². The molecule has 0 fully saturated rings. The van der Waals surface area contributed by atoms with E-state index in [9.17, 15) is 10.1 Å². The first kappa shape index (κ1) is 19.6. The smallest absolute Gasteiger partial charge is 0.267 e. The molecule has 4 nitrogen and oxygen atoms in total. The second-order valence-electron chi connectivity index (χ2n) is 6.20. The van der Waals surface area contributed by atoms with E-state index >= 15 is 0 Å². The minimum atomic E-state index is -0.435. The number of carbonyl (C=O) groups is 1. The number of hydrogen-bond acceptors (Lipinski definition) is 3. The number of halogens is 1. The van der Waals surface area contributed by atoms with Crippen LogP contribution in [-0.2, 0) is 11.2 Å². The molecule has 2 aromatic carbocycles. The highest BCUT2D eigenvalue weighted by molar-refractivity contribution is 6.31. The van der Waals surface area contributed by atoms with Crippen LogP contribution in [0, 0.1) is 11.3 Å². The molecule has 0 aliphatic heterocycles. The SMILES string of the molecule is CC(C)c1ccc(NC(=O)/C(C#N)=C\NCCc2ccccc2Cl)cc1. The van der Waals surface area contributed by atoms with Gasteiger partial charge in [-0.25, -0.2) is 0 Å². The van der Waals surface area contributed by atoms with Gasteiger partial charge in [-0.2, -0.15) is 5.26 Å². The number of nitrogens with one attached hydrogen (secondary N) is 2. The third kappa shape index (κ3) is 5.65. The van der Waals surface area contributed by atoms with Crippen molar-refractivity contribution in [2.45, 2.75) is 26.2 Å². The molecule has 0 unspecified atom stereocenters. The Morgan fingerprint density at radius 3 is 2.50 bits per heavy atom. The molecule has 0 aliphatic carbocycles. The van der Waals surface area contributed by atoms with E-state index in [-0.39, 0.29) is 5.57 Å². The summed E-state index contributed by atoms with van der Waals surface area (Å²) >= 11 is 6.10. The molecule has 2 aromatic rings. The molecule has 1 amide bonds. The quantitative estimate of drug-likeness (QED) is 0.425. The van der Waals surface area contributed by atoms with Crippen molar-refractivity contribution < 1.29 is 4.79 Å². The normalized spacial score (nSPS) is 11.1. The Labute approximate surface area is 159 Å². The minimum Gasteiger partial charge on any atom is -0.389 e. The predicted octanol–water partition coefficient (Wildman–Crippen LogP) is 4.64. The van der Waals surface area contributed by atoms with Gasteiger partial charge in [0, 0.05) is 23.5 Å². The summed E-state index contributed by atoms with van der Waals surface area (Å²) in [4.78, 5) is 12.2. The molecule has 0 aliphatic rings. The van der Waals surface area contributed by atoms with Crippen molar-refractivity contribution in [3.8, 4) is 6.07 Å². The highest BCUT2D eigenvalue weighted by atomic mass is 35.5. The Balaban J connectivity index is 1.90. The Hall–Kier alpha value is -2.77. The third-order valence-corrected chi connectivity index (χ3v) is 4.31. The Bertz CT molecular complexity index is 820. The predicted molar refractivity (Wildman–Crippen MR) is 106 cm³/mol. The lowest BCUT2D eigenvalue weighted by molar-refractivity contribution is -0.112. The fourth-order valence-electron chi connectivity index (χ4n) is 2.38. The van der Waals surface area contributed by atoms with Crippen LogP contribution in [0.1, 0.15) is 30.9 Å². The summed E-state index contributed by atoms with van der Waals surface area (Å²) in [5.41, 5.74) is 2.90. The number of rotatable bonds is 7. The van der Waals surface area contributed by atoms with Gasteiger partial charge in [-0.05, 0) is 41.7 Å². The van der Waals surface area contributed by atoms with Crippen molar-refractivity contribution in [2.75, 3.05) is 11.9 Å². The summed E-state index contributed by atoms with van der Waals surface area (Å²) in [6.07, 6.45) is 2.14. The van der Waals surface area contributed by atoms with Gasteiger partial charge in [-0.3, -0.25) is 4.79 Å². The molecule has 0 spiro atoms. The molecular weight excluding hydrogens is 346 g/mol. The van der Waals surface area contributed by atoms with Crippen LogP contribution < -0.4 is 10.6 Å². The monoisotopic (exact) mass is 367 g/mol. The molecule has 2 rings (SSSR count).